The zero-order valence-electron chi connectivity index (χ0n) is 17.5. The highest BCUT2D eigenvalue weighted by Gasteiger charge is 2.49. The third-order valence-corrected chi connectivity index (χ3v) is 15.0. The molecule has 0 saturated heterocycles. The summed E-state index contributed by atoms with van der Waals surface area (Å²) in [5.74, 6) is 0. The Morgan fingerprint density at radius 2 is 0.870 bits per heavy atom. The maximum atomic E-state index is 6.69. The van der Waals surface area contributed by atoms with Crippen molar-refractivity contribution in [2.45, 2.75) is 104 Å². The lowest BCUT2D eigenvalue weighted by atomic mass is 10.2. The Bertz CT molecular complexity index is 289. The van der Waals surface area contributed by atoms with Crippen LogP contribution in [0.2, 0.25) is 65.0 Å². The smallest absolute Gasteiger partial charge is 0.417 e. The van der Waals surface area contributed by atoms with Gasteiger partial charge < -0.3 is 12.3 Å². The molecule has 0 saturated carbocycles. The van der Waals surface area contributed by atoms with Gasteiger partial charge in [0.1, 0.15) is 0 Å². The first-order valence-electron chi connectivity index (χ1n) is 9.29. The van der Waals surface area contributed by atoms with Crippen LogP contribution in [0.3, 0.4) is 0 Å². The van der Waals surface area contributed by atoms with Gasteiger partial charge in [0.2, 0.25) is 0 Å². The summed E-state index contributed by atoms with van der Waals surface area (Å²) in [5.41, 5.74) is 0. The highest BCUT2D eigenvalue weighted by atomic mass is 28.5. The van der Waals surface area contributed by atoms with E-state index in [1.807, 2.05) is 0 Å². The van der Waals surface area contributed by atoms with Crippen LogP contribution in [-0.2, 0) is 12.3 Å². The zero-order chi connectivity index (χ0) is 18.4. The van der Waals surface area contributed by atoms with Crippen molar-refractivity contribution < 1.29 is 12.3 Å². The van der Waals surface area contributed by atoms with E-state index in [1.165, 1.54) is 32.1 Å². The van der Waals surface area contributed by atoms with Gasteiger partial charge in [0.05, 0.1) is 0 Å². The summed E-state index contributed by atoms with van der Waals surface area (Å²) < 4.78 is 20.1. The molecule has 0 aliphatic rings. The van der Waals surface area contributed by atoms with Crippen LogP contribution < -0.4 is 0 Å². The molecule has 0 aromatic rings. The van der Waals surface area contributed by atoms with Crippen LogP contribution in [-0.4, -0.2) is 33.8 Å². The Morgan fingerprint density at radius 3 is 1.17 bits per heavy atom. The topological polar surface area (TPSA) is 27.7 Å². The van der Waals surface area contributed by atoms with Gasteiger partial charge in [-0.25, -0.2) is 0 Å². The van der Waals surface area contributed by atoms with Gasteiger partial charge in [0.25, 0.3) is 0 Å². The molecular weight excluding hydrogens is 353 g/mol. The van der Waals surface area contributed by atoms with Gasteiger partial charge in [-0.15, -0.1) is 0 Å². The van der Waals surface area contributed by atoms with Crippen molar-refractivity contribution in [1.29, 1.82) is 0 Å². The minimum Gasteiger partial charge on any atom is -0.417 e. The lowest BCUT2D eigenvalue weighted by Crippen LogP contribution is -2.60. The van der Waals surface area contributed by atoms with E-state index in [4.69, 9.17) is 12.3 Å². The largest absolute Gasteiger partial charge is 0.469 e. The fourth-order valence-electron chi connectivity index (χ4n) is 2.56. The average Bonchev–Trinajstić information content (AvgIpc) is 2.20. The molecule has 7 heteroatoms. The predicted octanol–water partition coefficient (Wildman–Crippen LogP) is 6.45. The van der Waals surface area contributed by atoms with Crippen molar-refractivity contribution in [2.24, 2.45) is 0 Å². The van der Waals surface area contributed by atoms with E-state index in [2.05, 4.69) is 65.8 Å². The Kier molecular flexibility index (Phi) is 9.75. The molecule has 0 aliphatic carbocycles. The molecule has 0 fully saturated rings. The Morgan fingerprint density at radius 1 is 0.522 bits per heavy atom. The Hall–Kier alpha value is 0.748. The standard InChI is InChI=1S/C16H42O3Si4/c1-11-12-13-14-15-16-23(17-20(2,3)4,18-21(5,6)7)19-22(8,9)10/h11-16H2,1-10H3. The van der Waals surface area contributed by atoms with Crippen LogP contribution in [0.4, 0.5) is 0 Å². The number of hydrogen-bond donors (Lipinski definition) is 0. The molecule has 0 heterocycles. The molecule has 0 aliphatic heterocycles. The van der Waals surface area contributed by atoms with Crippen molar-refractivity contribution in [2.75, 3.05) is 0 Å². The van der Waals surface area contributed by atoms with Crippen LogP contribution in [0.5, 0.6) is 0 Å². The summed E-state index contributed by atoms with van der Waals surface area (Å²) in [6.07, 6.45) is 6.36. The molecule has 0 aromatic carbocycles. The second-order valence-corrected chi connectivity index (χ2v) is 26.5. The highest BCUT2D eigenvalue weighted by molar-refractivity contribution is 6.90. The fourth-order valence-corrected chi connectivity index (χ4v) is 17.3. The van der Waals surface area contributed by atoms with Crippen molar-refractivity contribution in [3.63, 3.8) is 0 Å². The van der Waals surface area contributed by atoms with E-state index in [1.54, 1.807) is 0 Å². The van der Waals surface area contributed by atoms with Gasteiger partial charge in [-0.05, 0) is 65.3 Å². The van der Waals surface area contributed by atoms with Crippen molar-refractivity contribution >= 4 is 33.8 Å². The number of rotatable bonds is 12. The van der Waals surface area contributed by atoms with E-state index < -0.39 is 33.8 Å². The fraction of sp³-hybridized carbons (Fsp3) is 1.00. The molecule has 0 atom stereocenters. The van der Waals surface area contributed by atoms with Crippen molar-refractivity contribution in [3.05, 3.63) is 0 Å². The van der Waals surface area contributed by atoms with Gasteiger partial charge in [0, 0.05) is 6.04 Å². The van der Waals surface area contributed by atoms with Gasteiger partial charge in [0.15, 0.2) is 25.0 Å². The maximum absolute atomic E-state index is 6.69. The van der Waals surface area contributed by atoms with Crippen molar-refractivity contribution in [1.82, 2.24) is 0 Å². The minimum absolute atomic E-state index is 0.996. The Labute approximate surface area is 150 Å². The molecule has 0 amide bonds. The molecular formula is C16H42O3Si4. The molecule has 0 spiro atoms. The van der Waals surface area contributed by atoms with E-state index in [9.17, 15) is 0 Å². The number of unbranched alkanes of at least 4 members (excludes halogenated alkanes) is 4. The minimum atomic E-state index is -2.58. The Balaban J connectivity index is 5.21. The third kappa shape index (κ3) is 13.7. The van der Waals surface area contributed by atoms with E-state index >= 15 is 0 Å². The molecule has 23 heavy (non-hydrogen) atoms. The molecule has 0 bridgehead atoms. The average molecular weight is 395 g/mol. The first-order chi connectivity index (χ1) is 10.2. The normalized spacial score (nSPS) is 14.3. The first kappa shape index (κ1) is 23.7. The second kappa shape index (κ2) is 9.45. The van der Waals surface area contributed by atoms with E-state index in [0.717, 1.165) is 6.04 Å². The number of hydrogen-bond acceptors (Lipinski definition) is 3. The van der Waals surface area contributed by atoms with E-state index in [-0.39, 0.29) is 0 Å². The molecule has 0 unspecified atom stereocenters. The molecule has 0 aromatic heterocycles. The second-order valence-electron chi connectivity index (χ2n) is 9.49. The summed E-state index contributed by atoms with van der Waals surface area (Å²) in [6, 6.07) is 0.996. The quantitative estimate of drug-likeness (QED) is 0.281. The first-order valence-corrected chi connectivity index (χ1v) is 21.4. The van der Waals surface area contributed by atoms with Crippen LogP contribution in [0.25, 0.3) is 0 Å². The van der Waals surface area contributed by atoms with E-state index in [0.29, 0.717) is 0 Å². The van der Waals surface area contributed by atoms with Gasteiger partial charge >= 0.3 is 8.80 Å². The van der Waals surface area contributed by atoms with Gasteiger partial charge in [-0.1, -0.05) is 32.6 Å². The summed E-state index contributed by atoms with van der Waals surface area (Å²) in [6.45, 7) is 22.6. The zero-order valence-corrected chi connectivity index (χ0v) is 21.5. The maximum Gasteiger partial charge on any atom is 0.469 e. The van der Waals surface area contributed by atoms with Gasteiger partial charge in [-0.3, -0.25) is 0 Å². The lowest BCUT2D eigenvalue weighted by Gasteiger charge is -2.43. The molecule has 0 rings (SSSR count). The lowest BCUT2D eigenvalue weighted by molar-refractivity contribution is 0.250. The summed E-state index contributed by atoms with van der Waals surface area (Å²) in [7, 11) is -7.71. The summed E-state index contributed by atoms with van der Waals surface area (Å²) in [5, 5.41) is 0. The molecule has 3 nitrogen and oxygen atoms in total. The summed E-state index contributed by atoms with van der Waals surface area (Å²) in [4.78, 5) is 0. The van der Waals surface area contributed by atoms with Crippen LogP contribution in [0.15, 0.2) is 0 Å². The molecule has 0 N–H and O–H groups in total. The predicted molar refractivity (Wildman–Crippen MR) is 113 cm³/mol. The van der Waals surface area contributed by atoms with Crippen LogP contribution in [0.1, 0.15) is 39.0 Å². The monoisotopic (exact) mass is 394 g/mol. The van der Waals surface area contributed by atoms with Gasteiger partial charge in [-0.2, -0.15) is 0 Å². The molecule has 140 valence electrons. The van der Waals surface area contributed by atoms with Crippen molar-refractivity contribution in [3.8, 4) is 0 Å². The van der Waals surface area contributed by atoms with Crippen LogP contribution in [0, 0.1) is 0 Å². The molecule has 0 radical (unpaired) electrons. The SMILES string of the molecule is CCCCCCC[Si](O[Si](C)(C)C)(O[Si](C)(C)C)O[Si](C)(C)C. The highest BCUT2D eigenvalue weighted by Crippen LogP contribution is 2.30. The van der Waals surface area contributed by atoms with Crippen LogP contribution >= 0.6 is 0 Å². The summed E-state index contributed by atoms with van der Waals surface area (Å²) >= 11 is 0. The third-order valence-electron chi connectivity index (χ3n) is 2.97.